The van der Waals surface area contributed by atoms with Crippen LogP contribution in [0.4, 0.5) is 0 Å². The normalized spacial score (nSPS) is 11.2. The van der Waals surface area contributed by atoms with Crippen LogP contribution in [0.1, 0.15) is 34.2 Å². The van der Waals surface area contributed by atoms with Crippen molar-refractivity contribution in [2.75, 3.05) is 19.3 Å². The van der Waals surface area contributed by atoms with Crippen molar-refractivity contribution in [1.82, 2.24) is 4.90 Å². The van der Waals surface area contributed by atoms with Gasteiger partial charge in [0.25, 0.3) is 0 Å². The lowest BCUT2D eigenvalue weighted by Gasteiger charge is -2.21. The van der Waals surface area contributed by atoms with Gasteiger partial charge in [-0.05, 0) is 81.3 Å². The van der Waals surface area contributed by atoms with Gasteiger partial charge in [0.15, 0.2) is 0 Å². The SMILES string of the molecule is Cc1cc(C)c(C)c(CN(C)CCCS)c1C. The van der Waals surface area contributed by atoms with Crippen LogP contribution in [0.25, 0.3) is 0 Å². The summed E-state index contributed by atoms with van der Waals surface area (Å²) in [7, 11) is 2.19. The summed E-state index contributed by atoms with van der Waals surface area (Å²) in [5.41, 5.74) is 7.22. The number of rotatable bonds is 5. The van der Waals surface area contributed by atoms with Gasteiger partial charge in [0.1, 0.15) is 0 Å². The summed E-state index contributed by atoms with van der Waals surface area (Å²) in [4.78, 5) is 2.39. The van der Waals surface area contributed by atoms with E-state index in [-0.39, 0.29) is 0 Å². The average molecular weight is 251 g/mol. The molecule has 0 N–H and O–H groups in total. The van der Waals surface area contributed by atoms with Gasteiger partial charge in [-0.15, -0.1) is 0 Å². The van der Waals surface area contributed by atoms with Gasteiger partial charge in [-0.2, -0.15) is 12.6 Å². The molecule has 0 heterocycles. The van der Waals surface area contributed by atoms with Crippen molar-refractivity contribution in [3.8, 4) is 0 Å². The Morgan fingerprint density at radius 2 is 1.59 bits per heavy atom. The second-order valence-electron chi connectivity index (χ2n) is 5.05. The summed E-state index contributed by atoms with van der Waals surface area (Å²) < 4.78 is 0. The monoisotopic (exact) mass is 251 g/mol. The molecule has 1 aromatic rings. The van der Waals surface area contributed by atoms with E-state index in [1.54, 1.807) is 0 Å². The lowest BCUT2D eigenvalue weighted by Crippen LogP contribution is -2.21. The molecule has 0 aliphatic rings. The molecule has 0 unspecified atom stereocenters. The first-order valence-electron chi connectivity index (χ1n) is 6.33. The van der Waals surface area contributed by atoms with Gasteiger partial charge in [0.2, 0.25) is 0 Å². The molecule has 2 heteroatoms. The highest BCUT2D eigenvalue weighted by Gasteiger charge is 2.10. The molecule has 1 aromatic carbocycles. The molecule has 1 nitrogen and oxygen atoms in total. The van der Waals surface area contributed by atoms with Crippen molar-refractivity contribution in [3.63, 3.8) is 0 Å². The molecular formula is C15H25NS. The minimum Gasteiger partial charge on any atom is -0.302 e. The Kier molecular flexibility index (Phi) is 5.54. The Hall–Kier alpha value is -0.470. The molecular weight excluding hydrogens is 226 g/mol. The zero-order valence-electron chi connectivity index (χ0n) is 11.8. The molecule has 0 saturated carbocycles. The molecule has 0 aliphatic carbocycles. The number of hydrogen-bond acceptors (Lipinski definition) is 2. The molecule has 0 spiro atoms. The van der Waals surface area contributed by atoms with E-state index in [2.05, 4.69) is 58.3 Å². The highest BCUT2D eigenvalue weighted by atomic mass is 32.1. The summed E-state index contributed by atoms with van der Waals surface area (Å²) in [5, 5.41) is 0. The maximum atomic E-state index is 4.27. The molecule has 1 rings (SSSR count). The summed E-state index contributed by atoms with van der Waals surface area (Å²) in [6.45, 7) is 11.1. The second kappa shape index (κ2) is 6.46. The first-order chi connectivity index (χ1) is 7.97. The van der Waals surface area contributed by atoms with E-state index in [9.17, 15) is 0 Å². The van der Waals surface area contributed by atoms with Crippen molar-refractivity contribution in [2.24, 2.45) is 0 Å². The highest BCUT2D eigenvalue weighted by Crippen LogP contribution is 2.22. The number of nitrogens with zero attached hydrogens (tertiary/aromatic N) is 1. The standard InChI is InChI=1S/C15H25NS/c1-11-9-12(2)14(4)15(13(11)3)10-16(5)7-6-8-17/h9,17H,6-8,10H2,1-5H3. The van der Waals surface area contributed by atoms with Crippen LogP contribution in [0.15, 0.2) is 6.07 Å². The zero-order chi connectivity index (χ0) is 13.0. The van der Waals surface area contributed by atoms with Gasteiger partial charge < -0.3 is 4.90 Å². The third kappa shape index (κ3) is 3.75. The first kappa shape index (κ1) is 14.6. The van der Waals surface area contributed by atoms with E-state index in [1.165, 1.54) is 27.8 Å². The van der Waals surface area contributed by atoms with Crippen molar-refractivity contribution >= 4 is 12.6 Å². The minimum absolute atomic E-state index is 0.967. The maximum Gasteiger partial charge on any atom is 0.0236 e. The van der Waals surface area contributed by atoms with Gasteiger partial charge in [-0.3, -0.25) is 0 Å². The molecule has 17 heavy (non-hydrogen) atoms. The lowest BCUT2D eigenvalue weighted by molar-refractivity contribution is 0.327. The molecule has 0 fully saturated rings. The predicted molar refractivity (Wildman–Crippen MR) is 80.2 cm³/mol. The van der Waals surface area contributed by atoms with E-state index in [0.29, 0.717) is 0 Å². The zero-order valence-corrected chi connectivity index (χ0v) is 12.7. The van der Waals surface area contributed by atoms with Gasteiger partial charge in [0, 0.05) is 6.54 Å². The second-order valence-corrected chi connectivity index (χ2v) is 5.50. The van der Waals surface area contributed by atoms with E-state index in [0.717, 1.165) is 25.3 Å². The maximum absolute atomic E-state index is 4.27. The van der Waals surface area contributed by atoms with Crippen LogP contribution in [-0.2, 0) is 6.54 Å². The Morgan fingerprint density at radius 3 is 2.06 bits per heavy atom. The molecule has 0 radical (unpaired) electrons. The van der Waals surface area contributed by atoms with E-state index >= 15 is 0 Å². The smallest absolute Gasteiger partial charge is 0.0236 e. The highest BCUT2D eigenvalue weighted by molar-refractivity contribution is 7.80. The van der Waals surface area contributed by atoms with Crippen LogP contribution in [-0.4, -0.2) is 24.2 Å². The van der Waals surface area contributed by atoms with Crippen LogP contribution in [0.3, 0.4) is 0 Å². The van der Waals surface area contributed by atoms with Crippen molar-refractivity contribution in [3.05, 3.63) is 33.9 Å². The van der Waals surface area contributed by atoms with Crippen LogP contribution in [0.5, 0.6) is 0 Å². The summed E-state index contributed by atoms with van der Waals surface area (Å²) >= 11 is 4.27. The van der Waals surface area contributed by atoms with Gasteiger partial charge >= 0.3 is 0 Å². The molecule has 0 atom stereocenters. The third-order valence-electron chi connectivity index (χ3n) is 3.65. The molecule has 0 saturated heterocycles. The molecule has 0 aromatic heterocycles. The van der Waals surface area contributed by atoms with Gasteiger partial charge in [0.05, 0.1) is 0 Å². The fourth-order valence-corrected chi connectivity index (χ4v) is 2.37. The van der Waals surface area contributed by atoms with Crippen LogP contribution in [0, 0.1) is 27.7 Å². The van der Waals surface area contributed by atoms with Crippen LogP contribution < -0.4 is 0 Å². The molecule has 96 valence electrons. The van der Waals surface area contributed by atoms with Crippen molar-refractivity contribution in [2.45, 2.75) is 40.7 Å². The van der Waals surface area contributed by atoms with Gasteiger partial charge in [-0.1, -0.05) is 6.07 Å². The van der Waals surface area contributed by atoms with E-state index in [4.69, 9.17) is 0 Å². The minimum atomic E-state index is 0.967. The Balaban J connectivity index is 2.90. The number of thiol groups is 1. The van der Waals surface area contributed by atoms with E-state index < -0.39 is 0 Å². The topological polar surface area (TPSA) is 3.24 Å². The van der Waals surface area contributed by atoms with Crippen molar-refractivity contribution in [1.29, 1.82) is 0 Å². The summed E-state index contributed by atoms with van der Waals surface area (Å²) in [5.74, 6) is 0.967. The van der Waals surface area contributed by atoms with Crippen molar-refractivity contribution < 1.29 is 0 Å². The largest absolute Gasteiger partial charge is 0.302 e. The Bertz CT molecular complexity index is 359. The molecule has 0 bridgehead atoms. The number of benzene rings is 1. The number of aryl methyl sites for hydroxylation is 2. The Morgan fingerprint density at radius 1 is 1.06 bits per heavy atom. The fourth-order valence-electron chi connectivity index (χ4n) is 2.23. The van der Waals surface area contributed by atoms with Crippen LogP contribution >= 0.6 is 12.6 Å². The molecule has 0 amide bonds. The average Bonchev–Trinajstić information content (AvgIpc) is 2.29. The van der Waals surface area contributed by atoms with Gasteiger partial charge in [-0.25, -0.2) is 0 Å². The van der Waals surface area contributed by atoms with E-state index in [1.807, 2.05) is 0 Å². The number of hydrogen-bond donors (Lipinski definition) is 1. The molecule has 0 aliphatic heterocycles. The lowest BCUT2D eigenvalue weighted by atomic mass is 9.94. The fraction of sp³-hybridized carbons (Fsp3) is 0.600. The summed E-state index contributed by atoms with van der Waals surface area (Å²) in [6.07, 6.45) is 1.16. The quantitative estimate of drug-likeness (QED) is 0.782. The summed E-state index contributed by atoms with van der Waals surface area (Å²) in [6, 6.07) is 2.29. The van der Waals surface area contributed by atoms with Crippen LogP contribution in [0.2, 0.25) is 0 Å². The predicted octanol–water partition coefficient (Wildman–Crippen LogP) is 3.67. The Labute approximate surface area is 112 Å². The third-order valence-corrected chi connectivity index (χ3v) is 3.96. The first-order valence-corrected chi connectivity index (χ1v) is 6.96.